The zero-order valence-corrected chi connectivity index (χ0v) is 12.2. The largest absolute Gasteiger partial charge is 0.481 e. The lowest BCUT2D eigenvalue weighted by Crippen LogP contribution is -2.39. The summed E-state index contributed by atoms with van der Waals surface area (Å²) in [4.78, 5) is 15.9. The van der Waals surface area contributed by atoms with Gasteiger partial charge in [-0.25, -0.2) is 0 Å². The van der Waals surface area contributed by atoms with Crippen LogP contribution in [0.2, 0.25) is 0 Å². The lowest BCUT2D eigenvalue weighted by Gasteiger charge is -2.31. The third-order valence-electron chi connectivity index (χ3n) is 4.40. The second-order valence-electron chi connectivity index (χ2n) is 6.04. The van der Waals surface area contributed by atoms with Crippen molar-refractivity contribution in [2.24, 2.45) is 0 Å². The van der Waals surface area contributed by atoms with E-state index in [1.54, 1.807) is 0 Å². The van der Waals surface area contributed by atoms with E-state index in [4.69, 9.17) is 5.11 Å². The molecule has 4 nitrogen and oxygen atoms in total. The van der Waals surface area contributed by atoms with Gasteiger partial charge in [-0.05, 0) is 58.2 Å². The summed E-state index contributed by atoms with van der Waals surface area (Å²) < 4.78 is 0. The Hall–Kier alpha value is -0.610. The topological polar surface area (TPSA) is 43.8 Å². The van der Waals surface area contributed by atoms with Crippen molar-refractivity contribution >= 4 is 5.97 Å². The van der Waals surface area contributed by atoms with Crippen LogP contribution in [0.1, 0.15) is 51.9 Å². The third-order valence-corrected chi connectivity index (χ3v) is 4.40. The van der Waals surface area contributed by atoms with Crippen molar-refractivity contribution in [2.45, 2.75) is 64.0 Å². The zero-order valence-electron chi connectivity index (χ0n) is 12.2. The molecule has 0 amide bonds. The molecule has 0 radical (unpaired) electrons. The SMILES string of the molecule is CCCN1CCCC(N(CCC(=O)O)C2CC2)CC1. The van der Waals surface area contributed by atoms with Crippen LogP contribution in [0, 0.1) is 0 Å². The van der Waals surface area contributed by atoms with Gasteiger partial charge in [0.15, 0.2) is 0 Å². The Morgan fingerprint density at radius 1 is 1.21 bits per heavy atom. The zero-order chi connectivity index (χ0) is 13.7. The number of carbonyl (C=O) groups is 1. The molecule has 1 N–H and O–H groups in total. The summed E-state index contributed by atoms with van der Waals surface area (Å²) in [5.41, 5.74) is 0. The molecule has 1 saturated heterocycles. The van der Waals surface area contributed by atoms with Gasteiger partial charge < -0.3 is 10.0 Å². The van der Waals surface area contributed by atoms with Gasteiger partial charge in [-0.2, -0.15) is 0 Å². The Morgan fingerprint density at radius 2 is 1.95 bits per heavy atom. The maximum absolute atomic E-state index is 10.8. The van der Waals surface area contributed by atoms with E-state index in [0.29, 0.717) is 18.5 Å². The number of carboxylic acid groups (broad SMARTS) is 1. The van der Waals surface area contributed by atoms with Gasteiger partial charge in [0, 0.05) is 18.6 Å². The highest BCUT2D eigenvalue weighted by Gasteiger charge is 2.34. The van der Waals surface area contributed by atoms with E-state index in [1.807, 2.05) is 0 Å². The second kappa shape index (κ2) is 7.25. The lowest BCUT2D eigenvalue weighted by molar-refractivity contribution is -0.137. The molecule has 2 fully saturated rings. The van der Waals surface area contributed by atoms with Crippen molar-refractivity contribution < 1.29 is 9.90 Å². The highest BCUT2D eigenvalue weighted by Crippen LogP contribution is 2.31. The molecular weight excluding hydrogens is 240 g/mol. The molecular formula is C15H28N2O2. The first kappa shape index (κ1) is 14.8. The molecule has 1 heterocycles. The van der Waals surface area contributed by atoms with Crippen LogP contribution < -0.4 is 0 Å². The first-order valence-corrected chi connectivity index (χ1v) is 7.90. The Bertz CT molecular complexity index is 292. The summed E-state index contributed by atoms with van der Waals surface area (Å²) in [6.45, 7) is 6.62. The van der Waals surface area contributed by atoms with Gasteiger partial charge in [0.1, 0.15) is 0 Å². The van der Waals surface area contributed by atoms with Crippen molar-refractivity contribution in [3.05, 3.63) is 0 Å². The van der Waals surface area contributed by atoms with Crippen molar-refractivity contribution in [2.75, 3.05) is 26.2 Å². The molecule has 4 heteroatoms. The summed E-state index contributed by atoms with van der Waals surface area (Å²) in [5.74, 6) is -0.660. The van der Waals surface area contributed by atoms with Gasteiger partial charge in [-0.1, -0.05) is 6.92 Å². The fraction of sp³-hybridized carbons (Fsp3) is 0.933. The summed E-state index contributed by atoms with van der Waals surface area (Å²) in [6.07, 6.45) is 7.80. The minimum Gasteiger partial charge on any atom is -0.481 e. The van der Waals surface area contributed by atoms with Crippen molar-refractivity contribution in [1.29, 1.82) is 0 Å². The summed E-state index contributed by atoms with van der Waals surface area (Å²) >= 11 is 0. The van der Waals surface area contributed by atoms with Crippen LogP contribution in [0.5, 0.6) is 0 Å². The van der Waals surface area contributed by atoms with Gasteiger partial charge in [0.25, 0.3) is 0 Å². The van der Waals surface area contributed by atoms with Crippen LogP contribution in [-0.4, -0.2) is 59.1 Å². The summed E-state index contributed by atoms with van der Waals surface area (Å²) in [6, 6.07) is 1.30. The van der Waals surface area contributed by atoms with Gasteiger partial charge in [0.05, 0.1) is 6.42 Å². The Balaban J connectivity index is 1.84. The standard InChI is InChI=1S/C15H28N2O2/c1-2-9-16-10-3-4-13(7-11-16)17(14-5-6-14)12-8-15(18)19/h13-14H,2-12H2,1H3,(H,18,19). The fourth-order valence-corrected chi connectivity index (χ4v) is 3.30. The lowest BCUT2D eigenvalue weighted by atomic mass is 10.1. The Morgan fingerprint density at radius 3 is 2.58 bits per heavy atom. The fourth-order valence-electron chi connectivity index (χ4n) is 3.30. The smallest absolute Gasteiger partial charge is 0.304 e. The maximum atomic E-state index is 10.8. The molecule has 0 bridgehead atoms. The molecule has 19 heavy (non-hydrogen) atoms. The van der Waals surface area contributed by atoms with Gasteiger partial charge in [-0.15, -0.1) is 0 Å². The number of carboxylic acids is 1. The predicted octanol–water partition coefficient (Wildman–Crippen LogP) is 2.19. The number of aliphatic carboxylic acids is 1. The average Bonchev–Trinajstić information content (AvgIpc) is 3.18. The number of likely N-dealkylation sites (tertiary alicyclic amines) is 1. The van der Waals surface area contributed by atoms with E-state index in [2.05, 4.69) is 16.7 Å². The number of nitrogens with zero attached hydrogens (tertiary/aromatic N) is 2. The highest BCUT2D eigenvalue weighted by atomic mass is 16.4. The first-order valence-electron chi connectivity index (χ1n) is 7.90. The van der Waals surface area contributed by atoms with Gasteiger partial charge in [0.2, 0.25) is 0 Å². The minimum atomic E-state index is -0.660. The molecule has 0 spiro atoms. The van der Waals surface area contributed by atoms with Crippen molar-refractivity contribution in [3.8, 4) is 0 Å². The van der Waals surface area contributed by atoms with Gasteiger partial charge in [-0.3, -0.25) is 9.69 Å². The predicted molar refractivity (Wildman–Crippen MR) is 76.4 cm³/mol. The number of hydrogen-bond donors (Lipinski definition) is 1. The number of rotatable bonds is 7. The highest BCUT2D eigenvalue weighted by molar-refractivity contribution is 5.66. The number of hydrogen-bond acceptors (Lipinski definition) is 3. The van der Waals surface area contributed by atoms with Crippen molar-refractivity contribution in [1.82, 2.24) is 9.80 Å². The first-order chi connectivity index (χ1) is 9.20. The van der Waals surface area contributed by atoms with Crippen LogP contribution in [0.3, 0.4) is 0 Å². The molecule has 0 aromatic carbocycles. The van der Waals surface area contributed by atoms with Crippen LogP contribution >= 0.6 is 0 Å². The van der Waals surface area contributed by atoms with Crippen molar-refractivity contribution in [3.63, 3.8) is 0 Å². The summed E-state index contributed by atoms with van der Waals surface area (Å²) in [5, 5.41) is 8.90. The van der Waals surface area contributed by atoms with E-state index in [1.165, 1.54) is 58.2 Å². The second-order valence-corrected chi connectivity index (χ2v) is 6.04. The maximum Gasteiger partial charge on any atom is 0.304 e. The normalized spacial score (nSPS) is 25.5. The molecule has 1 unspecified atom stereocenters. The third kappa shape index (κ3) is 4.77. The van der Waals surface area contributed by atoms with Crippen LogP contribution in [0.25, 0.3) is 0 Å². The molecule has 2 aliphatic rings. The average molecular weight is 268 g/mol. The molecule has 1 aliphatic heterocycles. The van der Waals surface area contributed by atoms with E-state index in [-0.39, 0.29) is 0 Å². The minimum absolute atomic E-state index is 0.297. The molecule has 0 aromatic rings. The molecule has 1 atom stereocenters. The van der Waals surface area contributed by atoms with Crippen LogP contribution in [0.4, 0.5) is 0 Å². The van der Waals surface area contributed by atoms with Crippen LogP contribution in [-0.2, 0) is 4.79 Å². The van der Waals surface area contributed by atoms with E-state index in [9.17, 15) is 4.79 Å². The molecule has 110 valence electrons. The Labute approximate surface area is 116 Å². The van der Waals surface area contributed by atoms with E-state index in [0.717, 1.165) is 6.54 Å². The molecule has 2 rings (SSSR count). The Kier molecular flexibility index (Phi) is 5.64. The molecule has 1 saturated carbocycles. The van der Waals surface area contributed by atoms with Gasteiger partial charge >= 0.3 is 5.97 Å². The molecule has 0 aromatic heterocycles. The summed E-state index contributed by atoms with van der Waals surface area (Å²) in [7, 11) is 0. The van der Waals surface area contributed by atoms with E-state index < -0.39 is 5.97 Å². The van der Waals surface area contributed by atoms with E-state index >= 15 is 0 Å². The van der Waals surface area contributed by atoms with Crippen LogP contribution in [0.15, 0.2) is 0 Å². The molecule has 1 aliphatic carbocycles. The quantitative estimate of drug-likeness (QED) is 0.768. The monoisotopic (exact) mass is 268 g/mol.